The monoisotopic (exact) mass is 496 g/mol. The van der Waals surface area contributed by atoms with Crippen LogP contribution in [0.4, 0.5) is 20.3 Å². The van der Waals surface area contributed by atoms with E-state index in [1.807, 2.05) is 38.2 Å². The summed E-state index contributed by atoms with van der Waals surface area (Å²) in [6.07, 6.45) is 4.14. The number of rotatable bonds is 6. The lowest BCUT2D eigenvalue weighted by molar-refractivity contribution is -0.0214. The second-order valence-corrected chi connectivity index (χ2v) is 10.2. The Balaban J connectivity index is 1.39. The Kier molecular flexibility index (Phi) is 5.68. The number of alkyl halides is 2. The minimum atomic E-state index is -2.98. The molecule has 2 fully saturated rings. The molecule has 3 aliphatic heterocycles. The van der Waals surface area contributed by atoms with Crippen LogP contribution < -0.4 is 15.0 Å². The van der Waals surface area contributed by atoms with Gasteiger partial charge in [-0.15, -0.1) is 10.2 Å². The summed E-state index contributed by atoms with van der Waals surface area (Å²) < 4.78 is 39.7. The van der Waals surface area contributed by atoms with Crippen LogP contribution in [0, 0.1) is 0 Å². The molecule has 0 spiro atoms. The first-order valence-corrected chi connectivity index (χ1v) is 12.4. The summed E-state index contributed by atoms with van der Waals surface area (Å²) in [4.78, 5) is 9.30. The van der Waals surface area contributed by atoms with Crippen LogP contribution in [-0.2, 0) is 17.2 Å². The Labute approximate surface area is 208 Å². The van der Waals surface area contributed by atoms with Crippen molar-refractivity contribution in [2.24, 2.45) is 0 Å². The molecule has 1 N–H and O–H groups in total. The van der Waals surface area contributed by atoms with Gasteiger partial charge in [-0.2, -0.15) is 8.78 Å². The van der Waals surface area contributed by atoms with Gasteiger partial charge in [0.15, 0.2) is 12.4 Å². The van der Waals surface area contributed by atoms with E-state index in [4.69, 9.17) is 14.5 Å². The topological polar surface area (TPSA) is 75.6 Å². The van der Waals surface area contributed by atoms with E-state index in [9.17, 15) is 8.78 Å². The van der Waals surface area contributed by atoms with Crippen molar-refractivity contribution in [3.05, 3.63) is 47.3 Å². The number of halogens is 2. The molecule has 3 aromatic rings. The molecule has 2 unspecified atom stereocenters. The Morgan fingerprint density at radius 1 is 1.19 bits per heavy atom. The molecule has 190 valence electrons. The molecule has 6 rings (SSSR count). The number of benzene rings is 1. The number of nitrogens with one attached hydrogen (secondary N) is 1. The fourth-order valence-corrected chi connectivity index (χ4v) is 5.65. The van der Waals surface area contributed by atoms with Gasteiger partial charge in [0.25, 0.3) is 0 Å². The lowest BCUT2D eigenvalue weighted by Crippen LogP contribution is -2.46. The Morgan fingerprint density at radius 3 is 2.72 bits per heavy atom. The van der Waals surface area contributed by atoms with Crippen molar-refractivity contribution >= 4 is 22.4 Å². The quantitative estimate of drug-likeness (QED) is 0.547. The van der Waals surface area contributed by atoms with Gasteiger partial charge in [-0.1, -0.05) is 12.1 Å². The van der Waals surface area contributed by atoms with Crippen molar-refractivity contribution in [3.8, 4) is 5.75 Å². The smallest absolute Gasteiger partial charge is 0.310 e. The molecule has 2 saturated heterocycles. The molecular weight excluding hydrogens is 466 g/mol. The third-order valence-electron chi connectivity index (χ3n) is 7.33. The van der Waals surface area contributed by atoms with E-state index in [-0.39, 0.29) is 17.4 Å². The fraction of sp³-hybridized carbons (Fsp3) is 0.500. The number of ether oxygens (including phenoxy) is 2. The zero-order valence-electron chi connectivity index (χ0n) is 20.7. The molecule has 5 heterocycles. The predicted octanol–water partition coefficient (Wildman–Crippen LogP) is 4.11. The first-order chi connectivity index (χ1) is 17.3. The number of aromatic nitrogens is 3. The van der Waals surface area contributed by atoms with Crippen molar-refractivity contribution in [1.82, 2.24) is 20.1 Å². The van der Waals surface area contributed by atoms with Gasteiger partial charge in [-0.25, -0.2) is 0 Å². The lowest BCUT2D eigenvalue weighted by atomic mass is 10.0. The largest absolute Gasteiger partial charge is 0.486 e. The first kappa shape index (κ1) is 23.3. The number of hydrogen-bond donors (Lipinski definition) is 1. The molecule has 3 atom stereocenters. The SMILES string of the molecule is C[C@@H](Nc1nnc(CN(C)C)c2ncc(N3C4CCC3COC4)cc12)c1cccc2c1OCC2(F)F. The molecule has 1 aromatic carbocycles. The number of fused-ring (bicyclic) bond motifs is 4. The molecule has 8 nitrogen and oxygen atoms in total. The maximum absolute atomic E-state index is 14.3. The summed E-state index contributed by atoms with van der Waals surface area (Å²) in [6, 6.07) is 7.36. The van der Waals surface area contributed by atoms with Crippen molar-refractivity contribution < 1.29 is 18.3 Å². The van der Waals surface area contributed by atoms with Gasteiger partial charge in [-0.3, -0.25) is 4.98 Å². The molecule has 2 aromatic heterocycles. The van der Waals surface area contributed by atoms with Gasteiger partial charge in [0.1, 0.15) is 11.4 Å². The highest BCUT2D eigenvalue weighted by Gasteiger charge is 2.43. The van der Waals surface area contributed by atoms with Crippen LogP contribution in [-0.4, -0.2) is 66.1 Å². The van der Waals surface area contributed by atoms with E-state index >= 15 is 0 Å². The molecule has 0 radical (unpaired) electrons. The minimum absolute atomic E-state index is 0.0716. The fourth-order valence-electron chi connectivity index (χ4n) is 5.65. The molecule has 0 saturated carbocycles. The van der Waals surface area contributed by atoms with Crippen LogP contribution in [0.15, 0.2) is 30.5 Å². The van der Waals surface area contributed by atoms with Gasteiger partial charge >= 0.3 is 5.92 Å². The van der Waals surface area contributed by atoms with Crippen molar-refractivity contribution in [2.45, 2.75) is 50.4 Å². The van der Waals surface area contributed by atoms with Crippen LogP contribution in [0.5, 0.6) is 5.75 Å². The standard InChI is InChI=1S/C26H30F2N6O2/c1-15(19-5-4-6-21-24(19)36-14-26(21,27)28)30-25-20-9-18(34-16-7-8-17(34)13-35-12-16)10-29-23(20)22(31-32-25)11-33(2)3/h4-6,9-10,15-17H,7-8,11-14H2,1-3H3,(H,30,32)/t15-,16?,17?/m1/s1. The van der Waals surface area contributed by atoms with Gasteiger partial charge in [0, 0.05) is 17.5 Å². The summed E-state index contributed by atoms with van der Waals surface area (Å²) in [6.45, 7) is 3.32. The van der Waals surface area contributed by atoms with E-state index in [1.54, 1.807) is 6.07 Å². The molecule has 36 heavy (non-hydrogen) atoms. The van der Waals surface area contributed by atoms with Crippen LogP contribution in [0.3, 0.4) is 0 Å². The van der Waals surface area contributed by atoms with Crippen molar-refractivity contribution in [3.63, 3.8) is 0 Å². The van der Waals surface area contributed by atoms with Crippen molar-refractivity contribution in [2.75, 3.05) is 44.1 Å². The lowest BCUT2D eigenvalue weighted by Gasteiger charge is -2.36. The molecular formula is C26H30F2N6O2. The highest BCUT2D eigenvalue weighted by Crippen LogP contribution is 2.45. The second kappa shape index (κ2) is 8.77. The predicted molar refractivity (Wildman–Crippen MR) is 133 cm³/mol. The van der Waals surface area contributed by atoms with Crippen LogP contribution in [0.1, 0.15) is 42.6 Å². The molecule has 0 aliphatic carbocycles. The van der Waals surface area contributed by atoms with Gasteiger partial charge in [0.05, 0.1) is 54.3 Å². The average molecular weight is 497 g/mol. The van der Waals surface area contributed by atoms with E-state index in [1.165, 1.54) is 6.07 Å². The van der Waals surface area contributed by atoms with Crippen LogP contribution in [0.25, 0.3) is 10.9 Å². The summed E-state index contributed by atoms with van der Waals surface area (Å²) in [5, 5.41) is 13.3. The molecule has 0 amide bonds. The maximum Gasteiger partial charge on any atom is 0.310 e. The van der Waals surface area contributed by atoms with Crippen LogP contribution >= 0.6 is 0 Å². The highest BCUT2D eigenvalue weighted by atomic mass is 19.3. The normalized spacial score (nSPS) is 23.1. The second-order valence-electron chi connectivity index (χ2n) is 10.2. The summed E-state index contributed by atoms with van der Waals surface area (Å²) >= 11 is 0. The number of morpholine rings is 1. The Morgan fingerprint density at radius 2 is 1.97 bits per heavy atom. The van der Waals surface area contributed by atoms with E-state index in [0.29, 0.717) is 30.0 Å². The number of para-hydroxylation sites is 1. The Bertz CT molecular complexity index is 1290. The Hall–Kier alpha value is -3.11. The first-order valence-electron chi connectivity index (χ1n) is 12.4. The third-order valence-corrected chi connectivity index (χ3v) is 7.33. The molecule has 10 heteroatoms. The zero-order chi connectivity index (χ0) is 25.0. The van der Waals surface area contributed by atoms with Gasteiger partial charge < -0.3 is 24.6 Å². The average Bonchev–Trinajstić information content (AvgIpc) is 3.30. The maximum atomic E-state index is 14.3. The highest BCUT2D eigenvalue weighted by molar-refractivity contribution is 5.92. The van der Waals surface area contributed by atoms with Crippen LogP contribution in [0.2, 0.25) is 0 Å². The van der Waals surface area contributed by atoms with E-state index in [2.05, 4.69) is 26.5 Å². The van der Waals surface area contributed by atoms with E-state index < -0.39 is 12.5 Å². The molecule has 2 bridgehead atoms. The van der Waals surface area contributed by atoms with Gasteiger partial charge in [-0.05, 0) is 46.0 Å². The summed E-state index contributed by atoms with van der Waals surface area (Å²) in [5.74, 6) is -2.17. The minimum Gasteiger partial charge on any atom is -0.486 e. The number of nitrogens with zero attached hydrogens (tertiary/aromatic N) is 5. The van der Waals surface area contributed by atoms with E-state index in [0.717, 1.165) is 48.3 Å². The summed E-state index contributed by atoms with van der Waals surface area (Å²) in [5.41, 5.74) is 3.19. The number of pyridine rings is 1. The molecule has 3 aliphatic rings. The number of anilines is 2. The zero-order valence-corrected chi connectivity index (χ0v) is 20.7. The number of hydrogen-bond acceptors (Lipinski definition) is 8. The summed E-state index contributed by atoms with van der Waals surface area (Å²) in [7, 11) is 3.96. The van der Waals surface area contributed by atoms with Crippen molar-refractivity contribution in [1.29, 1.82) is 0 Å². The van der Waals surface area contributed by atoms with Gasteiger partial charge in [0.2, 0.25) is 0 Å². The third kappa shape index (κ3) is 3.92.